The third kappa shape index (κ3) is 3.61. The van der Waals surface area contributed by atoms with E-state index in [0.717, 1.165) is 5.56 Å². The fourth-order valence-electron chi connectivity index (χ4n) is 3.21. The van der Waals surface area contributed by atoms with Crippen molar-refractivity contribution >= 4 is 17.4 Å². The van der Waals surface area contributed by atoms with Crippen LogP contribution in [0.2, 0.25) is 0 Å². The molecule has 3 rings (SSSR count). The fraction of sp³-hybridized carbons (Fsp3) is 0.238. The molecule has 2 unspecified atom stereocenters. The van der Waals surface area contributed by atoms with Crippen molar-refractivity contribution in [1.29, 1.82) is 0 Å². The zero-order valence-corrected chi connectivity index (χ0v) is 15.0. The standard InChI is InChI=1S/C21H20FNO4/c1-12-3-5-15(6-4-12)19(25)17-18(14-7-9-16(22)10-8-14)23(11-13(2)24)21(27)20(17)26/h3-10,13,18,24-25H,11H2,1-2H3/b19-17+. The molecule has 1 saturated heterocycles. The summed E-state index contributed by atoms with van der Waals surface area (Å²) in [5.74, 6) is -2.39. The van der Waals surface area contributed by atoms with Gasteiger partial charge in [0.25, 0.3) is 11.7 Å². The molecule has 0 radical (unpaired) electrons. The maximum absolute atomic E-state index is 13.3. The fourth-order valence-corrected chi connectivity index (χ4v) is 3.21. The first-order valence-corrected chi connectivity index (χ1v) is 8.58. The van der Waals surface area contributed by atoms with E-state index in [4.69, 9.17) is 0 Å². The molecule has 0 aromatic heterocycles. The first-order valence-electron chi connectivity index (χ1n) is 8.58. The van der Waals surface area contributed by atoms with Crippen molar-refractivity contribution in [1.82, 2.24) is 4.90 Å². The van der Waals surface area contributed by atoms with Gasteiger partial charge in [0.1, 0.15) is 11.6 Å². The number of halogens is 1. The quantitative estimate of drug-likeness (QED) is 0.493. The number of rotatable bonds is 4. The molecule has 2 aromatic rings. The second kappa shape index (κ2) is 7.32. The number of aryl methyl sites for hydroxylation is 1. The van der Waals surface area contributed by atoms with Crippen LogP contribution in [0.3, 0.4) is 0 Å². The van der Waals surface area contributed by atoms with Gasteiger partial charge < -0.3 is 15.1 Å². The maximum atomic E-state index is 13.3. The van der Waals surface area contributed by atoms with E-state index in [1.807, 2.05) is 6.92 Å². The van der Waals surface area contributed by atoms with Crippen molar-refractivity contribution in [2.75, 3.05) is 6.54 Å². The first kappa shape index (κ1) is 18.8. The highest BCUT2D eigenvalue weighted by molar-refractivity contribution is 6.46. The van der Waals surface area contributed by atoms with Crippen molar-refractivity contribution in [2.24, 2.45) is 0 Å². The summed E-state index contributed by atoms with van der Waals surface area (Å²) in [5.41, 5.74) is 1.79. The van der Waals surface area contributed by atoms with Gasteiger partial charge >= 0.3 is 0 Å². The zero-order chi connectivity index (χ0) is 19.7. The molecular formula is C21H20FNO4. The van der Waals surface area contributed by atoms with E-state index in [2.05, 4.69) is 0 Å². The number of aliphatic hydroxyl groups is 2. The van der Waals surface area contributed by atoms with Crippen LogP contribution < -0.4 is 0 Å². The molecule has 1 heterocycles. The smallest absolute Gasteiger partial charge is 0.295 e. The summed E-state index contributed by atoms with van der Waals surface area (Å²) in [7, 11) is 0. The van der Waals surface area contributed by atoms with Gasteiger partial charge in [-0.3, -0.25) is 9.59 Å². The summed E-state index contributed by atoms with van der Waals surface area (Å²) in [6, 6.07) is 11.4. The number of hydrogen-bond donors (Lipinski definition) is 2. The van der Waals surface area contributed by atoms with Crippen molar-refractivity contribution < 1.29 is 24.2 Å². The lowest BCUT2D eigenvalue weighted by Gasteiger charge is -2.26. The summed E-state index contributed by atoms with van der Waals surface area (Å²) in [6.45, 7) is 3.31. The van der Waals surface area contributed by atoms with Gasteiger partial charge in [-0.25, -0.2) is 4.39 Å². The molecule has 0 saturated carbocycles. The van der Waals surface area contributed by atoms with Gasteiger partial charge in [0.2, 0.25) is 0 Å². The molecular weight excluding hydrogens is 349 g/mol. The van der Waals surface area contributed by atoms with E-state index in [-0.39, 0.29) is 17.9 Å². The number of likely N-dealkylation sites (tertiary alicyclic amines) is 1. The second-order valence-corrected chi connectivity index (χ2v) is 6.72. The Morgan fingerprint density at radius 1 is 1.11 bits per heavy atom. The van der Waals surface area contributed by atoms with Crippen molar-refractivity contribution in [3.05, 3.63) is 76.6 Å². The Morgan fingerprint density at radius 2 is 1.70 bits per heavy atom. The van der Waals surface area contributed by atoms with Crippen LogP contribution >= 0.6 is 0 Å². The van der Waals surface area contributed by atoms with E-state index in [1.54, 1.807) is 24.3 Å². The predicted molar refractivity (Wildman–Crippen MR) is 98.3 cm³/mol. The highest BCUT2D eigenvalue weighted by atomic mass is 19.1. The SMILES string of the molecule is Cc1ccc(/C(O)=C2\C(=O)C(=O)N(CC(C)O)C2c2ccc(F)cc2)cc1. The van der Waals surface area contributed by atoms with Crippen LogP contribution in [0.15, 0.2) is 54.1 Å². The average Bonchev–Trinajstić information content (AvgIpc) is 2.87. The van der Waals surface area contributed by atoms with Crippen LogP contribution in [0.25, 0.3) is 5.76 Å². The average molecular weight is 369 g/mol. The van der Waals surface area contributed by atoms with E-state index < -0.39 is 29.7 Å². The molecule has 1 aliphatic heterocycles. The minimum absolute atomic E-state index is 0.0730. The van der Waals surface area contributed by atoms with Gasteiger partial charge in [-0.1, -0.05) is 42.0 Å². The van der Waals surface area contributed by atoms with Crippen molar-refractivity contribution in [3.8, 4) is 0 Å². The number of carbonyl (C=O) groups is 2. The normalized spacial score (nSPS) is 20.1. The highest BCUT2D eigenvalue weighted by Gasteiger charge is 2.46. The third-order valence-corrected chi connectivity index (χ3v) is 4.51. The van der Waals surface area contributed by atoms with Crippen LogP contribution in [0.4, 0.5) is 4.39 Å². The molecule has 0 spiro atoms. The zero-order valence-electron chi connectivity index (χ0n) is 15.0. The summed E-state index contributed by atoms with van der Waals surface area (Å²) >= 11 is 0. The number of ketones is 1. The topological polar surface area (TPSA) is 77.8 Å². The Labute approximate surface area is 156 Å². The van der Waals surface area contributed by atoms with Gasteiger partial charge in [-0.15, -0.1) is 0 Å². The van der Waals surface area contributed by atoms with Crippen molar-refractivity contribution in [3.63, 3.8) is 0 Å². The molecule has 2 aromatic carbocycles. The number of amides is 1. The van der Waals surface area contributed by atoms with Crippen molar-refractivity contribution in [2.45, 2.75) is 26.0 Å². The molecule has 6 heteroatoms. The van der Waals surface area contributed by atoms with Gasteiger partial charge in [0.15, 0.2) is 0 Å². The molecule has 2 atom stereocenters. The highest BCUT2D eigenvalue weighted by Crippen LogP contribution is 2.39. The van der Waals surface area contributed by atoms with Crippen LogP contribution in [0.5, 0.6) is 0 Å². The Morgan fingerprint density at radius 3 is 2.26 bits per heavy atom. The summed E-state index contributed by atoms with van der Waals surface area (Å²) in [5, 5.41) is 20.5. The monoisotopic (exact) mass is 369 g/mol. The van der Waals surface area contributed by atoms with Crippen LogP contribution in [-0.2, 0) is 9.59 Å². The molecule has 140 valence electrons. The number of carbonyl (C=O) groups excluding carboxylic acids is 2. The lowest BCUT2D eigenvalue weighted by Crippen LogP contribution is -2.35. The minimum atomic E-state index is -0.901. The third-order valence-electron chi connectivity index (χ3n) is 4.51. The molecule has 0 bridgehead atoms. The second-order valence-electron chi connectivity index (χ2n) is 6.72. The Kier molecular flexibility index (Phi) is 5.10. The van der Waals surface area contributed by atoms with Gasteiger partial charge in [-0.2, -0.15) is 0 Å². The molecule has 0 aliphatic carbocycles. The van der Waals surface area contributed by atoms with Crippen LogP contribution in [0.1, 0.15) is 29.7 Å². The summed E-state index contributed by atoms with van der Waals surface area (Å²) < 4.78 is 13.3. The number of hydrogen-bond acceptors (Lipinski definition) is 4. The molecule has 1 amide bonds. The van der Waals surface area contributed by atoms with Crippen LogP contribution in [0, 0.1) is 12.7 Å². The predicted octanol–water partition coefficient (Wildman–Crippen LogP) is 2.94. The van der Waals surface area contributed by atoms with Gasteiger partial charge in [0, 0.05) is 12.1 Å². The number of β-amino-alcohol motifs (C(OH)–C–C–N with tert-alkyl or cyclic N) is 1. The lowest BCUT2D eigenvalue weighted by molar-refractivity contribution is -0.140. The largest absolute Gasteiger partial charge is 0.507 e. The Bertz CT molecular complexity index is 901. The van der Waals surface area contributed by atoms with E-state index in [1.165, 1.54) is 36.1 Å². The summed E-state index contributed by atoms with van der Waals surface area (Å²) in [4.78, 5) is 26.4. The minimum Gasteiger partial charge on any atom is -0.507 e. The van der Waals surface area contributed by atoms with Gasteiger partial charge in [-0.05, 0) is 31.5 Å². The van der Waals surface area contributed by atoms with Gasteiger partial charge in [0.05, 0.1) is 17.7 Å². The van der Waals surface area contributed by atoms with E-state index >= 15 is 0 Å². The summed E-state index contributed by atoms with van der Waals surface area (Å²) in [6.07, 6.45) is -0.870. The molecule has 1 aliphatic rings. The maximum Gasteiger partial charge on any atom is 0.295 e. The van der Waals surface area contributed by atoms with E-state index in [9.17, 15) is 24.2 Å². The number of Topliss-reactive ketones (excluding diaryl/α,β-unsaturated/α-hetero) is 1. The number of aliphatic hydroxyl groups excluding tert-OH is 2. The first-order chi connectivity index (χ1) is 12.8. The van der Waals surface area contributed by atoms with E-state index in [0.29, 0.717) is 11.1 Å². The Hall–Kier alpha value is -2.99. The number of benzene rings is 2. The van der Waals surface area contributed by atoms with Crippen LogP contribution in [-0.4, -0.2) is 39.5 Å². The number of nitrogens with zero attached hydrogens (tertiary/aromatic N) is 1. The molecule has 5 nitrogen and oxygen atoms in total. The molecule has 27 heavy (non-hydrogen) atoms. The molecule has 1 fully saturated rings. The Balaban J connectivity index is 2.17. The molecule has 2 N–H and O–H groups in total. The lowest BCUT2D eigenvalue weighted by atomic mass is 9.95.